The van der Waals surface area contributed by atoms with Crippen LogP contribution in [-0.4, -0.2) is 38.2 Å². The number of carbonyl (C=O) groups is 2. The molecule has 0 atom stereocenters. The zero-order valence-electron chi connectivity index (χ0n) is 14.0. The molecule has 0 unspecified atom stereocenters. The van der Waals surface area contributed by atoms with E-state index in [-0.39, 0.29) is 12.1 Å². The number of hydrogen-bond donors (Lipinski definition) is 1. The number of carboxylic acids is 1. The van der Waals surface area contributed by atoms with Crippen molar-refractivity contribution in [2.24, 2.45) is 0 Å². The van der Waals surface area contributed by atoms with Crippen LogP contribution in [0.5, 0.6) is 0 Å². The van der Waals surface area contributed by atoms with E-state index in [0.717, 1.165) is 23.5 Å². The minimum atomic E-state index is -4.46. The van der Waals surface area contributed by atoms with Gasteiger partial charge in [0, 0.05) is 19.3 Å². The van der Waals surface area contributed by atoms with Crippen LogP contribution in [0, 0.1) is 0 Å². The highest BCUT2D eigenvalue weighted by atomic mass is 19.4. The Hall–Kier alpha value is -2.84. The number of benzene rings is 1. The van der Waals surface area contributed by atoms with Crippen molar-refractivity contribution in [2.75, 3.05) is 6.54 Å². The maximum Gasteiger partial charge on any atom is 0.416 e. The summed E-state index contributed by atoms with van der Waals surface area (Å²) < 4.78 is 39.4. The number of carboxylic acid groups (broad SMARTS) is 1. The van der Waals surface area contributed by atoms with Gasteiger partial charge in [0.15, 0.2) is 0 Å². The van der Waals surface area contributed by atoms with Gasteiger partial charge in [-0.2, -0.15) is 18.3 Å². The summed E-state index contributed by atoms with van der Waals surface area (Å²) in [7, 11) is 0. The van der Waals surface area contributed by atoms with Gasteiger partial charge in [0.2, 0.25) is 0 Å². The van der Waals surface area contributed by atoms with E-state index in [1.807, 2.05) is 6.92 Å². The van der Waals surface area contributed by atoms with Crippen LogP contribution in [-0.2, 0) is 24.1 Å². The Balaban J connectivity index is 2.18. The molecule has 26 heavy (non-hydrogen) atoms. The minimum absolute atomic E-state index is 0.123. The Morgan fingerprint density at radius 1 is 1.23 bits per heavy atom. The van der Waals surface area contributed by atoms with Crippen LogP contribution in [0.4, 0.5) is 13.2 Å². The summed E-state index contributed by atoms with van der Waals surface area (Å²) in [4.78, 5) is 24.7. The number of aliphatic carboxylic acids is 1. The van der Waals surface area contributed by atoms with Crippen LogP contribution in [0.2, 0.25) is 0 Å². The Labute approximate surface area is 147 Å². The van der Waals surface area contributed by atoms with Gasteiger partial charge in [0.05, 0.1) is 17.3 Å². The third kappa shape index (κ3) is 5.08. The van der Waals surface area contributed by atoms with Crippen molar-refractivity contribution in [2.45, 2.75) is 32.6 Å². The molecular weight excluding hydrogens is 351 g/mol. The van der Waals surface area contributed by atoms with Crippen molar-refractivity contribution in [3.63, 3.8) is 0 Å². The number of halogens is 3. The van der Waals surface area contributed by atoms with E-state index in [1.54, 1.807) is 4.68 Å². The number of alkyl halides is 3. The SMILES string of the molecule is CCCn1cc(C(=O)N(CC(=O)O)Cc2ccc(C(F)(F)F)cc2)cn1. The first-order valence-corrected chi connectivity index (χ1v) is 7.90. The summed E-state index contributed by atoms with van der Waals surface area (Å²) in [5.41, 5.74) is -0.182. The molecule has 0 spiro atoms. The monoisotopic (exact) mass is 369 g/mol. The molecule has 140 valence electrons. The van der Waals surface area contributed by atoms with E-state index in [1.165, 1.54) is 24.5 Å². The smallest absolute Gasteiger partial charge is 0.416 e. The number of amides is 1. The zero-order chi connectivity index (χ0) is 19.3. The average molecular weight is 369 g/mol. The maximum atomic E-state index is 12.6. The highest BCUT2D eigenvalue weighted by molar-refractivity contribution is 5.95. The molecule has 0 aliphatic heterocycles. The molecule has 0 saturated heterocycles. The van der Waals surface area contributed by atoms with E-state index in [0.29, 0.717) is 12.1 Å². The largest absolute Gasteiger partial charge is 0.480 e. The van der Waals surface area contributed by atoms with Crippen LogP contribution in [0.3, 0.4) is 0 Å². The Morgan fingerprint density at radius 3 is 2.42 bits per heavy atom. The van der Waals surface area contributed by atoms with E-state index in [9.17, 15) is 22.8 Å². The predicted octanol–water partition coefficient (Wildman–Crippen LogP) is 3.04. The molecule has 0 saturated carbocycles. The van der Waals surface area contributed by atoms with Crippen LogP contribution in [0.1, 0.15) is 34.8 Å². The van der Waals surface area contributed by atoms with Crippen LogP contribution >= 0.6 is 0 Å². The van der Waals surface area contributed by atoms with Crippen molar-refractivity contribution < 1.29 is 27.9 Å². The normalized spacial score (nSPS) is 11.4. The summed E-state index contributed by atoms with van der Waals surface area (Å²) in [6.07, 6.45) is -0.768. The van der Waals surface area contributed by atoms with E-state index in [2.05, 4.69) is 5.10 Å². The van der Waals surface area contributed by atoms with Gasteiger partial charge >= 0.3 is 12.1 Å². The molecule has 1 heterocycles. The minimum Gasteiger partial charge on any atom is -0.480 e. The lowest BCUT2D eigenvalue weighted by Crippen LogP contribution is -2.35. The van der Waals surface area contributed by atoms with Crippen molar-refractivity contribution >= 4 is 11.9 Å². The average Bonchev–Trinajstić information content (AvgIpc) is 3.02. The second-order valence-electron chi connectivity index (χ2n) is 5.74. The lowest BCUT2D eigenvalue weighted by atomic mass is 10.1. The van der Waals surface area contributed by atoms with Gasteiger partial charge in [-0.3, -0.25) is 14.3 Å². The van der Waals surface area contributed by atoms with Gasteiger partial charge in [-0.25, -0.2) is 0 Å². The fourth-order valence-corrected chi connectivity index (χ4v) is 2.39. The summed E-state index contributed by atoms with van der Waals surface area (Å²) in [6.45, 7) is 1.87. The number of aryl methyl sites for hydroxylation is 1. The van der Waals surface area contributed by atoms with Crippen molar-refractivity contribution in [3.05, 3.63) is 53.3 Å². The van der Waals surface area contributed by atoms with Gasteiger partial charge < -0.3 is 10.0 Å². The molecule has 2 aromatic rings. The molecule has 6 nitrogen and oxygen atoms in total. The molecule has 1 amide bonds. The molecule has 0 aliphatic rings. The molecule has 1 N–H and O–H groups in total. The topological polar surface area (TPSA) is 75.4 Å². The molecular formula is C17H18F3N3O3. The Kier molecular flexibility index (Phi) is 6.01. The Morgan fingerprint density at radius 2 is 1.88 bits per heavy atom. The van der Waals surface area contributed by atoms with Gasteiger partial charge in [0.1, 0.15) is 6.54 Å². The second-order valence-corrected chi connectivity index (χ2v) is 5.74. The first-order valence-electron chi connectivity index (χ1n) is 7.90. The predicted molar refractivity (Wildman–Crippen MR) is 86.3 cm³/mol. The second kappa shape index (κ2) is 8.03. The zero-order valence-corrected chi connectivity index (χ0v) is 14.0. The molecule has 9 heteroatoms. The van der Waals surface area contributed by atoms with Gasteiger partial charge in [-0.05, 0) is 24.1 Å². The summed E-state index contributed by atoms with van der Waals surface area (Å²) in [5, 5.41) is 13.1. The number of rotatable bonds is 7. The Bertz CT molecular complexity index is 770. The van der Waals surface area contributed by atoms with Crippen LogP contribution < -0.4 is 0 Å². The lowest BCUT2D eigenvalue weighted by Gasteiger charge is -2.20. The van der Waals surface area contributed by atoms with Crippen LogP contribution in [0.25, 0.3) is 0 Å². The molecule has 1 aromatic heterocycles. The fraction of sp³-hybridized carbons (Fsp3) is 0.353. The first-order chi connectivity index (χ1) is 12.2. The molecule has 0 radical (unpaired) electrons. The summed E-state index contributed by atoms with van der Waals surface area (Å²) in [6, 6.07) is 4.26. The summed E-state index contributed by atoms with van der Waals surface area (Å²) >= 11 is 0. The number of carbonyl (C=O) groups excluding carboxylic acids is 1. The van der Waals surface area contributed by atoms with Crippen molar-refractivity contribution in [3.8, 4) is 0 Å². The quantitative estimate of drug-likeness (QED) is 0.814. The fourth-order valence-electron chi connectivity index (χ4n) is 2.39. The molecule has 0 fully saturated rings. The molecule has 1 aromatic carbocycles. The highest BCUT2D eigenvalue weighted by Crippen LogP contribution is 2.29. The number of nitrogens with zero attached hydrogens (tertiary/aromatic N) is 3. The third-order valence-corrected chi connectivity index (χ3v) is 3.60. The number of aromatic nitrogens is 2. The van der Waals surface area contributed by atoms with Gasteiger partial charge in [-0.15, -0.1) is 0 Å². The van der Waals surface area contributed by atoms with Crippen molar-refractivity contribution in [1.29, 1.82) is 0 Å². The van der Waals surface area contributed by atoms with Crippen LogP contribution in [0.15, 0.2) is 36.7 Å². The molecule has 2 rings (SSSR count). The third-order valence-electron chi connectivity index (χ3n) is 3.60. The van der Waals surface area contributed by atoms with Gasteiger partial charge in [0.25, 0.3) is 5.91 Å². The van der Waals surface area contributed by atoms with E-state index < -0.39 is 30.2 Å². The lowest BCUT2D eigenvalue weighted by molar-refractivity contribution is -0.138. The number of hydrogen-bond acceptors (Lipinski definition) is 3. The molecule has 0 bridgehead atoms. The van der Waals surface area contributed by atoms with Crippen molar-refractivity contribution in [1.82, 2.24) is 14.7 Å². The standard InChI is InChI=1S/C17H18F3N3O3/c1-2-7-23-10-13(8-21-23)16(26)22(11-15(24)25)9-12-3-5-14(6-4-12)17(18,19)20/h3-6,8,10H,2,7,9,11H2,1H3,(H,24,25). The first kappa shape index (κ1) is 19.5. The van der Waals surface area contributed by atoms with E-state index >= 15 is 0 Å². The van der Waals surface area contributed by atoms with E-state index in [4.69, 9.17) is 5.11 Å². The highest BCUT2D eigenvalue weighted by Gasteiger charge is 2.30. The maximum absolute atomic E-state index is 12.6. The molecule has 0 aliphatic carbocycles. The summed E-state index contributed by atoms with van der Waals surface area (Å²) in [5.74, 6) is -1.76. The van der Waals surface area contributed by atoms with Gasteiger partial charge in [-0.1, -0.05) is 19.1 Å².